The number of hydrogen-bond donors (Lipinski definition) is 0. The summed E-state index contributed by atoms with van der Waals surface area (Å²) >= 11 is 0. The highest BCUT2D eigenvalue weighted by atomic mass is 31.2. The van der Waals surface area contributed by atoms with Crippen molar-refractivity contribution in [3.63, 3.8) is 0 Å². The van der Waals surface area contributed by atoms with Crippen LogP contribution in [0.15, 0.2) is 170 Å². The average Bonchev–Trinajstić information content (AvgIpc) is 3.80. The van der Waals surface area contributed by atoms with Crippen LogP contribution >= 0.6 is 7.44 Å². The number of benzene rings is 7. The Labute approximate surface area is 331 Å². The number of aromatic nitrogens is 4. The van der Waals surface area contributed by atoms with Crippen LogP contribution in [0.1, 0.15) is 25.0 Å². The van der Waals surface area contributed by atoms with E-state index in [2.05, 4.69) is 97.3 Å². The van der Waals surface area contributed by atoms with Gasteiger partial charge in [0.15, 0.2) is 11.6 Å². The highest BCUT2D eigenvalue weighted by molar-refractivity contribution is 7.75. The monoisotopic (exact) mass is 756 g/mol. The molecule has 0 amide bonds. The van der Waals surface area contributed by atoms with E-state index in [9.17, 15) is 0 Å². The van der Waals surface area contributed by atoms with Crippen LogP contribution in [0.2, 0.25) is 0 Å². The molecule has 0 bridgehead atoms. The number of para-hydroxylation sites is 2. The molecule has 0 saturated heterocycles. The third kappa shape index (κ3) is 4.85. The quantitative estimate of drug-likeness (QED) is 0.163. The molecule has 11 rings (SSSR count). The molecule has 0 radical (unpaired) electrons. The van der Waals surface area contributed by atoms with E-state index in [1.165, 1.54) is 33.0 Å². The van der Waals surface area contributed by atoms with Gasteiger partial charge in [0.05, 0.1) is 22.4 Å². The van der Waals surface area contributed by atoms with Crippen LogP contribution in [-0.2, 0) is 9.98 Å². The first-order valence-electron chi connectivity index (χ1n) is 19.2. The van der Waals surface area contributed by atoms with Crippen molar-refractivity contribution in [3.05, 3.63) is 181 Å². The maximum Gasteiger partial charge on any atom is 0.333 e. The third-order valence-corrected chi connectivity index (χ3v) is 14.5. The Morgan fingerprint density at radius 3 is 1.82 bits per heavy atom. The molecule has 3 heterocycles. The lowest BCUT2D eigenvalue weighted by Crippen LogP contribution is -2.31. The maximum absolute atomic E-state index is 16.3. The van der Waals surface area contributed by atoms with Crippen LogP contribution in [0.4, 0.5) is 17.1 Å². The smallest absolute Gasteiger partial charge is 0.309 e. The molecular weight excluding hydrogens is 720 g/mol. The zero-order chi connectivity index (χ0) is 38.5. The predicted octanol–water partition coefficient (Wildman–Crippen LogP) is 11.7. The van der Waals surface area contributed by atoms with E-state index in [1.807, 2.05) is 107 Å². The molecule has 1 aliphatic carbocycles. The summed E-state index contributed by atoms with van der Waals surface area (Å²) in [6.07, 6.45) is 0. The largest absolute Gasteiger partial charge is 0.333 e. The summed E-state index contributed by atoms with van der Waals surface area (Å²) in [4.78, 5) is 15.0. The van der Waals surface area contributed by atoms with Gasteiger partial charge in [-0.1, -0.05) is 135 Å². The number of fused-ring (bicyclic) bond motifs is 7. The number of rotatable bonds is 5. The number of anilines is 3. The number of nitrogens with zero attached hydrogens (tertiary/aromatic N) is 6. The minimum absolute atomic E-state index is 0.152. The fourth-order valence-electron chi connectivity index (χ4n) is 8.98. The van der Waals surface area contributed by atoms with Crippen molar-refractivity contribution >= 4 is 51.9 Å². The van der Waals surface area contributed by atoms with Crippen LogP contribution in [-0.4, -0.2) is 26.6 Å². The van der Waals surface area contributed by atoms with Gasteiger partial charge in [-0.3, -0.25) is 9.24 Å². The van der Waals surface area contributed by atoms with Crippen molar-refractivity contribution in [1.29, 1.82) is 0 Å². The average molecular weight is 757 g/mol. The maximum atomic E-state index is 16.3. The molecule has 0 saturated carbocycles. The molecule has 1 unspecified atom stereocenters. The lowest BCUT2D eigenvalue weighted by atomic mass is 9.82. The van der Waals surface area contributed by atoms with Gasteiger partial charge in [0, 0.05) is 45.7 Å². The topological polar surface area (TPSA) is 67.2 Å². The second kappa shape index (κ2) is 12.3. The summed E-state index contributed by atoms with van der Waals surface area (Å²) in [5.74, 6) is 0.936. The summed E-state index contributed by atoms with van der Waals surface area (Å²) in [6, 6.07) is 58.2. The zero-order valence-corrected chi connectivity index (χ0v) is 32.6. The molecule has 7 nitrogen and oxygen atoms in total. The van der Waals surface area contributed by atoms with Crippen LogP contribution in [0.3, 0.4) is 0 Å². The number of hydrogen-bond acceptors (Lipinski definition) is 4. The van der Waals surface area contributed by atoms with Gasteiger partial charge in [-0.05, 0) is 70.8 Å². The molecule has 9 aromatic rings. The van der Waals surface area contributed by atoms with Crippen LogP contribution in [0.5, 0.6) is 0 Å². The molecular formula is C49H37N6OP. The predicted molar refractivity (Wildman–Crippen MR) is 233 cm³/mol. The molecule has 0 N–H and O–H groups in total. The third-order valence-electron chi connectivity index (χ3n) is 11.8. The van der Waals surface area contributed by atoms with Crippen molar-refractivity contribution in [2.75, 3.05) is 16.4 Å². The van der Waals surface area contributed by atoms with Crippen molar-refractivity contribution < 1.29 is 4.57 Å². The van der Waals surface area contributed by atoms with Gasteiger partial charge in [-0.2, -0.15) is 0 Å². The minimum atomic E-state index is -3.78. The first kappa shape index (κ1) is 33.5. The Hall–Kier alpha value is -6.82. The van der Waals surface area contributed by atoms with Gasteiger partial charge in [0.25, 0.3) is 0 Å². The fourth-order valence-corrected chi connectivity index (χ4v) is 11.5. The Morgan fingerprint density at radius 1 is 0.509 bits per heavy atom. The van der Waals surface area contributed by atoms with E-state index in [0.29, 0.717) is 11.6 Å². The molecule has 274 valence electrons. The van der Waals surface area contributed by atoms with Crippen molar-refractivity contribution in [1.82, 2.24) is 19.5 Å². The zero-order valence-electron chi connectivity index (χ0n) is 31.7. The second-order valence-electron chi connectivity index (χ2n) is 15.3. The Kier molecular flexibility index (Phi) is 7.26. The molecule has 0 spiro atoms. The van der Waals surface area contributed by atoms with Gasteiger partial charge in [0.2, 0.25) is 5.57 Å². The van der Waals surface area contributed by atoms with E-state index >= 15 is 4.57 Å². The van der Waals surface area contributed by atoms with Crippen LogP contribution in [0, 0.1) is 0 Å². The minimum Gasteiger partial charge on any atom is -0.309 e. The molecule has 57 heavy (non-hydrogen) atoms. The standard InChI is InChI=1S/C49H37N6OP/c1-49(2)40-25-15-13-23-36(40)38-30-39-37-24-14-16-26-42(37)54(44(39)31-41(38)49)35-27-28-43-45(29-35)55(34-21-11-6-12-22-34)57(56,53(43)3)48-51-46(32-17-7-4-8-18-32)50-47(52-48)33-19-9-5-10-20-33/h4-31H,1-3H3. The van der Waals surface area contributed by atoms with E-state index < -0.39 is 7.44 Å². The molecule has 8 heteroatoms. The van der Waals surface area contributed by atoms with Gasteiger partial charge in [-0.15, -0.1) is 0 Å². The Morgan fingerprint density at radius 2 is 1.12 bits per heavy atom. The van der Waals surface area contributed by atoms with Crippen molar-refractivity contribution in [2.24, 2.45) is 0 Å². The SMILES string of the molecule is CN1c2ccc(-n3c4ccccc4c4cc5c(cc43)C(C)(C)c3ccccc3-5)cc2N(c2ccccc2)P1(=O)c1nc(-c2ccccc2)nc(-c2ccccc2)n1. The van der Waals surface area contributed by atoms with Gasteiger partial charge < -0.3 is 9.24 Å². The highest BCUT2D eigenvalue weighted by Crippen LogP contribution is 2.66. The summed E-state index contributed by atoms with van der Waals surface area (Å²) in [7, 11) is -1.89. The van der Waals surface area contributed by atoms with Crippen molar-refractivity contribution in [2.45, 2.75) is 19.3 Å². The first-order valence-corrected chi connectivity index (χ1v) is 20.8. The summed E-state index contributed by atoms with van der Waals surface area (Å²) in [5.41, 5.74) is 12.6. The van der Waals surface area contributed by atoms with E-state index in [-0.39, 0.29) is 11.0 Å². The van der Waals surface area contributed by atoms with Gasteiger partial charge >= 0.3 is 7.44 Å². The van der Waals surface area contributed by atoms with Gasteiger partial charge in [0.1, 0.15) is 0 Å². The summed E-state index contributed by atoms with van der Waals surface area (Å²) in [5, 5.41) is 2.39. The summed E-state index contributed by atoms with van der Waals surface area (Å²) < 4.78 is 22.5. The Balaban J connectivity index is 1.14. The van der Waals surface area contributed by atoms with Crippen LogP contribution in [0.25, 0.3) is 61.4 Å². The second-order valence-corrected chi connectivity index (χ2v) is 17.8. The van der Waals surface area contributed by atoms with Crippen molar-refractivity contribution in [3.8, 4) is 39.6 Å². The van der Waals surface area contributed by atoms with E-state index in [0.717, 1.165) is 44.9 Å². The van der Waals surface area contributed by atoms with E-state index in [1.54, 1.807) is 0 Å². The lowest BCUT2D eigenvalue weighted by molar-refractivity contribution is 0.580. The molecule has 2 aliphatic rings. The lowest BCUT2D eigenvalue weighted by Gasteiger charge is -2.29. The summed E-state index contributed by atoms with van der Waals surface area (Å²) in [6.45, 7) is 4.65. The fraction of sp³-hybridized carbons (Fsp3) is 0.0816. The highest BCUT2D eigenvalue weighted by Gasteiger charge is 2.49. The normalized spacial score (nSPS) is 16.5. The van der Waals surface area contributed by atoms with Crippen LogP contribution < -0.4 is 14.9 Å². The van der Waals surface area contributed by atoms with Gasteiger partial charge in [-0.25, -0.2) is 15.0 Å². The molecule has 7 aromatic carbocycles. The Bertz CT molecular complexity index is 3050. The first-order chi connectivity index (χ1) is 27.8. The van der Waals surface area contributed by atoms with E-state index in [4.69, 9.17) is 15.0 Å². The molecule has 1 atom stereocenters. The molecule has 0 fully saturated rings. The molecule has 1 aliphatic heterocycles. The molecule has 2 aromatic heterocycles.